The third-order valence-electron chi connectivity index (χ3n) is 7.60. The summed E-state index contributed by atoms with van der Waals surface area (Å²) >= 11 is 0. The third kappa shape index (κ3) is 3.06. The molecule has 0 saturated heterocycles. The molecule has 5 rings (SSSR count). The van der Waals surface area contributed by atoms with Gasteiger partial charge in [0.1, 0.15) is 0 Å². The smallest absolute Gasteiger partial charge is 0.0680 e. The summed E-state index contributed by atoms with van der Waals surface area (Å²) in [6.07, 6.45) is 0. The number of benzene rings is 4. The van der Waals surface area contributed by atoms with Crippen molar-refractivity contribution in [1.29, 1.82) is 0 Å². The molecule has 0 radical (unpaired) electrons. The van der Waals surface area contributed by atoms with Crippen molar-refractivity contribution in [3.8, 4) is 11.1 Å². The Kier molecular flexibility index (Phi) is 4.89. The van der Waals surface area contributed by atoms with Crippen LogP contribution in [0.3, 0.4) is 0 Å². The highest BCUT2D eigenvalue weighted by molar-refractivity contribution is 6.96. The molecule has 0 amide bonds. The minimum atomic E-state index is 0.0388. The Labute approximate surface area is 193 Å². The Bertz CT molecular complexity index is 1250. The zero-order chi connectivity index (χ0) is 22.6. The molecule has 0 bridgehead atoms. The summed E-state index contributed by atoms with van der Waals surface area (Å²) in [5, 5.41) is 0. The van der Waals surface area contributed by atoms with Gasteiger partial charge < -0.3 is 0 Å². The highest BCUT2D eigenvalue weighted by atomic mass is 14.4. The van der Waals surface area contributed by atoms with E-state index in [2.05, 4.69) is 120 Å². The average molecular weight is 414 g/mol. The molecule has 0 atom stereocenters. The molecule has 0 aromatic heterocycles. The van der Waals surface area contributed by atoms with Crippen molar-refractivity contribution in [2.24, 2.45) is 0 Å². The van der Waals surface area contributed by atoms with E-state index >= 15 is 0 Å². The van der Waals surface area contributed by atoms with E-state index in [0.717, 1.165) is 0 Å². The zero-order valence-electron chi connectivity index (χ0n) is 20.1. The molecule has 1 heteroatoms. The first-order valence-corrected chi connectivity index (χ1v) is 11.7. The van der Waals surface area contributed by atoms with Crippen molar-refractivity contribution in [3.63, 3.8) is 0 Å². The van der Waals surface area contributed by atoms with Crippen LogP contribution < -0.4 is 16.4 Å². The Balaban J connectivity index is 1.81. The SMILES string of the molecule is Cc1cccc(C)c1B(c1ccc2c(c1)-c1ccccc1C2(C)C)c1c(C)cccc1C. The van der Waals surface area contributed by atoms with Gasteiger partial charge in [0.25, 0.3) is 0 Å². The molecule has 0 heterocycles. The molecule has 158 valence electrons. The predicted molar refractivity (Wildman–Crippen MR) is 140 cm³/mol. The maximum absolute atomic E-state index is 2.48. The van der Waals surface area contributed by atoms with Crippen LogP contribution in [0.2, 0.25) is 0 Å². The van der Waals surface area contributed by atoms with Crippen LogP contribution in [0.1, 0.15) is 47.2 Å². The fourth-order valence-corrected chi connectivity index (χ4v) is 5.96. The summed E-state index contributed by atoms with van der Waals surface area (Å²) in [7, 11) is 0. The molecule has 0 aliphatic heterocycles. The van der Waals surface area contributed by atoms with Crippen LogP contribution in [-0.4, -0.2) is 6.71 Å². The standard InChI is InChI=1S/C31H31B/c1-20-11-9-12-21(2)29(20)32(30-22(3)13-10-14-23(30)4)24-17-18-28-26(19-24)25-15-7-8-16-27(25)31(28,5)6/h7-19H,1-6H3. The first kappa shape index (κ1) is 20.8. The highest BCUT2D eigenvalue weighted by Gasteiger charge is 2.36. The van der Waals surface area contributed by atoms with E-state index in [1.165, 1.54) is 60.9 Å². The summed E-state index contributed by atoms with van der Waals surface area (Å²) in [4.78, 5) is 0. The van der Waals surface area contributed by atoms with Gasteiger partial charge in [-0.15, -0.1) is 0 Å². The van der Waals surface area contributed by atoms with Crippen molar-refractivity contribution in [1.82, 2.24) is 0 Å². The summed E-state index contributed by atoms with van der Waals surface area (Å²) < 4.78 is 0. The predicted octanol–water partition coefficient (Wildman–Crippen LogP) is 5.74. The van der Waals surface area contributed by atoms with Gasteiger partial charge in [0.2, 0.25) is 6.71 Å². The van der Waals surface area contributed by atoms with E-state index in [-0.39, 0.29) is 12.1 Å². The van der Waals surface area contributed by atoms with Gasteiger partial charge in [0.15, 0.2) is 0 Å². The maximum atomic E-state index is 2.48. The van der Waals surface area contributed by atoms with Gasteiger partial charge >= 0.3 is 0 Å². The van der Waals surface area contributed by atoms with Crippen LogP contribution in [0.15, 0.2) is 78.9 Å². The fourth-order valence-electron chi connectivity index (χ4n) is 5.96. The van der Waals surface area contributed by atoms with Gasteiger partial charge in [-0.05, 0) is 49.9 Å². The lowest BCUT2D eigenvalue weighted by atomic mass is 9.34. The van der Waals surface area contributed by atoms with Gasteiger partial charge in [-0.3, -0.25) is 0 Å². The van der Waals surface area contributed by atoms with Gasteiger partial charge in [0, 0.05) is 5.41 Å². The molecule has 1 aliphatic rings. The minimum Gasteiger partial charge on any atom is -0.0680 e. The third-order valence-corrected chi connectivity index (χ3v) is 7.60. The Morgan fingerprint density at radius 1 is 0.531 bits per heavy atom. The molecule has 0 nitrogen and oxygen atoms in total. The van der Waals surface area contributed by atoms with Gasteiger partial charge in [-0.1, -0.05) is 131 Å². The minimum absolute atomic E-state index is 0.0388. The average Bonchev–Trinajstić information content (AvgIpc) is 2.99. The first-order chi connectivity index (χ1) is 15.3. The highest BCUT2D eigenvalue weighted by Crippen LogP contribution is 2.47. The fraction of sp³-hybridized carbons (Fsp3) is 0.226. The van der Waals surface area contributed by atoms with Crippen molar-refractivity contribution in [2.45, 2.75) is 47.0 Å². The molecule has 0 N–H and O–H groups in total. The Morgan fingerprint density at radius 2 is 1.03 bits per heavy atom. The molecular formula is C31H31B. The number of fused-ring (bicyclic) bond motifs is 3. The lowest BCUT2D eigenvalue weighted by molar-refractivity contribution is 0.660. The second-order valence-electron chi connectivity index (χ2n) is 10.0. The lowest BCUT2D eigenvalue weighted by Gasteiger charge is -2.25. The van der Waals surface area contributed by atoms with Gasteiger partial charge in [0.05, 0.1) is 0 Å². The number of rotatable bonds is 3. The quantitative estimate of drug-likeness (QED) is 0.375. The Morgan fingerprint density at radius 3 is 1.59 bits per heavy atom. The molecule has 4 aromatic carbocycles. The van der Waals surface area contributed by atoms with Crippen LogP contribution in [0.4, 0.5) is 0 Å². The largest absolute Gasteiger partial charge is 0.242 e. The van der Waals surface area contributed by atoms with Crippen molar-refractivity contribution < 1.29 is 0 Å². The second kappa shape index (κ2) is 7.52. The maximum Gasteiger partial charge on any atom is 0.242 e. The van der Waals surface area contributed by atoms with Crippen molar-refractivity contribution in [3.05, 3.63) is 112 Å². The molecule has 0 spiro atoms. The summed E-state index contributed by atoms with van der Waals surface area (Å²) in [5.41, 5.74) is 15.4. The number of hydrogen-bond acceptors (Lipinski definition) is 0. The molecule has 0 saturated carbocycles. The molecule has 0 fully saturated rings. The monoisotopic (exact) mass is 414 g/mol. The number of aryl methyl sites for hydroxylation is 4. The van der Waals surface area contributed by atoms with E-state index < -0.39 is 0 Å². The van der Waals surface area contributed by atoms with Crippen LogP contribution in [0.5, 0.6) is 0 Å². The van der Waals surface area contributed by atoms with Crippen LogP contribution in [-0.2, 0) is 5.41 Å². The summed E-state index contributed by atoms with van der Waals surface area (Å²) in [6.45, 7) is 14.0. The van der Waals surface area contributed by atoms with Crippen LogP contribution in [0, 0.1) is 27.7 Å². The first-order valence-electron chi connectivity index (χ1n) is 11.7. The summed E-state index contributed by atoms with van der Waals surface area (Å²) in [5.74, 6) is 0. The van der Waals surface area contributed by atoms with Gasteiger partial charge in [-0.2, -0.15) is 0 Å². The zero-order valence-corrected chi connectivity index (χ0v) is 20.1. The molecule has 4 aromatic rings. The van der Waals surface area contributed by atoms with E-state index in [0.29, 0.717) is 0 Å². The van der Waals surface area contributed by atoms with E-state index in [1.807, 2.05) is 0 Å². The summed E-state index contributed by atoms with van der Waals surface area (Å²) in [6, 6.07) is 29.6. The second-order valence-corrected chi connectivity index (χ2v) is 10.0. The van der Waals surface area contributed by atoms with E-state index in [9.17, 15) is 0 Å². The molecule has 0 unspecified atom stereocenters. The molecule has 1 aliphatic carbocycles. The van der Waals surface area contributed by atoms with Crippen molar-refractivity contribution in [2.75, 3.05) is 0 Å². The normalized spacial score (nSPS) is 13.6. The van der Waals surface area contributed by atoms with Crippen LogP contribution in [0.25, 0.3) is 11.1 Å². The van der Waals surface area contributed by atoms with Gasteiger partial charge in [-0.25, -0.2) is 0 Å². The molecule has 32 heavy (non-hydrogen) atoms. The van der Waals surface area contributed by atoms with Crippen molar-refractivity contribution >= 4 is 23.1 Å². The van der Waals surface area contributed by atoms with E-state index in [1.54, 1.807) is 0 Å². The lowest BCUT2D eigenvalue weighted by Crippen LogP contribution is -2.55. The topological polar surface area (TPSA) is 0 Å². The number of hydrogen-bond donors (Lipinski definition) is 0. The van der Waals surface area contributed by atoms with Crippen LogP contribution >= 0.6 is 0 Å². The Hall–Kier alpha value is -3.06. The van der Waals surface area contributed by atoms with E-state index in [4.69, 9.17) is 0 Å². The molecular weight excluding hydrogens is 383 g/mol.